The molecule has 0 unspecified atom stereocenters. The first-order chi connectivity index (χ1) is 13.1. The molecule has 27 heavy (non-hydrogen) atoms. The Bertz CT molecular complexity index is 710. The Balaban J connectivity index is 1.16. The van der Waals surface area contributed by atoms with E-state index in [2.05, 4.69) is 10.5 Å². The predicted molar refractivity (Wildman–Crippen MR) is 105 cm³/mol. The van der Waals surface area contributed by atoms with Crippen LogP contribution in [-0.4, -0.2) is 41.9 Å². The van der Waals surface area contributed by atoms with Crippen molar-refractivity contribution in [3.8, 4) is 0 Å². The van der Waals surface area contributed by atoms with Gasteiger partial charge in [0.25, 0.3) is 0 Å². The molecule has 1 aliphatic heterocycles. The van der Waals surface area contributed by atoms with E-state index in [-0.39, 0.29) is 17.7 Å². The van der Waals surface area contributed by atoms with Gasteiger partial charge in [-0.1, -0.05) is 35.5 Å². The molecule has 1 N–H and O–H groups in total. The summed E-state index contributed by atoms with van der Waals surface area (Å²) in [7, 11) is 1.87. The lowest BCUT2D eigenvalue weighted by molar-refractivity contribution is -0.0163. The van der Waals surface area contributed by atoms with Crippen LogP contribution in [0.15, 0.2) is 35.5 Å². The van der Waals surface area contributed by atoms with Gasteiger partial charge in [-0.2, -0.15) is 0 Å². The molecule has 6 rings (SSSR count). The highest BCUT2D eigenvalue weighted by molar-refractivity contribution is 6.01. The number of nitrogens with zero attached hydrogens (tertiary/aromatic N) is 2. The number of nitrogens with one attached hydrogen (secondary N) is 1. The summed E-state index contributed by atoms with van der Waals surface area (Å²) >= 11 is 0. The summed E-state index contributed by atoms with van der Waals surface area (Å²) in [5, 5.41) is 7.67. The van der Waals surface area contributed by atoms with Crippen LogP contribution < -0.4 is 5.32 Å². The van der Waals surface area contributed by atoms with Gasteiger partial charge >= 0.3 is 6.03 Å². The van der Waals surface area contributed by atoms with Gasteiger partial charge in [-0.15, -0.1) is 0 Å². The van der Waals surface area contributed by atoms with E-state index in [1.54, 1.807) is 4.90 Å². The smallest absolute Gasteiger partial charge is 0.317 e. The number of carbonyl (C=O) groups excluding carboxylic acids is 1. The first kappa shape index (κ1) is 17.1. The van der Waals surface area contributed by atoms with Crippen LogP contribution in [0.3, 0.4) is 0 Å². The molecule has 0 radical (unpaired) electrons. The quantitative estimate of drug-likeness (QED) is 0.880. The van der Waals surface area contributed by atoms with E-state index >= 15 is 0 Å². The summed E-state index contributed by atoms with van der Waals surface area (Å²) in [4.78, 5) is 20.3. The second-order valence-corrected chi connectivity index (χ2v) is 9.34. The zero-order valence-electron chi connectivity index (χ0n) is 16.1. The highest BCUT2D eigenvalue weighted by atomic mass is 16.6. The fraction of sp³-hybridized carbons (Fsp3) is 0.636. The van der Waals surface area contributed by atoms with E-state index in [1.165, 1.54) is 38.5 Å². The van der Waals surface area contributed by atoms with Crippen molar-refractivity contribution in [3.63, 3.8) is 0 Å². The van der Waals surface area contributed by atoms with E-state index < -0.39 is 0 Å². The standard InChI is InChI=1S/C22H29N3O2/c1-25(14-19-10-20(24-27-19)18-5-3-2-4-6-18)21(26)23-22-11-15-7-16(12-22)9-17(8-15)13-22/h2-6,15-17,19H,7-14H2,1H3,(H,23,26)/t15?,16?,17?,19-,22?/m0/s1. The van der Waals surface area contributed by atoms with Crippen molar-refractivity contribution in [2.75, 3.05) is 13.6 Å². The summed E-state index contributed by atoms with van der Waals surface area (Å²) in [6.07, 6.45) is 8.40. The van der Waals surface area contributed by atoms with Crippen molar-refractivity contribution in [2.45, 2.75) is 56.6 Å². The minimum atomic E-state index is -0.0627. The van der Waals surface area contributed by atoms with Crippen molar-refractivity contribution in [3.05, 3.63) is 35.9 Å². The molecule has 4 bridgehead atoms. The molecule has 0 spiro atoms. The zero-order valence-corrected chi connectivity index (χ0v) is 16.1. The Morgan fingerprint density at radius 1 is 1.15 bits per heavy atom. The topological polar surface area (TPSA) is 53.9 Å². The van der Waals surface area contributed by atoms with Crippen LogP contribution in [-0.2, 0) is 4.84 Å². The Morgan fingerprint density at radius 2 is 1.78 bits per heavy atom. The van der Waals surface area contributed by atoms with Gasteiger partial charge in [0.1, 0.15) is 0 Å². The molecule has 4 aliphatic carbocycles. The molecule has 1 aromatic rings. The molecule has 1 aromatic carbocycles. The molecular weight excluding hydrogens is 338 g/mol. The van der Waals surface area contributed by atoms with Gasteiger partial charge in [0, 0.05) is 19.0 Å². The van der Waals surface area contributed by atoms with Crippen LogP contribution in [0, 0.1) is 17.8 Å². The fourth-order valence-electron chi connectivity index (χ4n) is 6.30. The minimum Gasteiger partial charge on any atom is -0.390 e. The number of rotatable bonds is 4. The Hall–Kier alpha value is -2.04. The van der Waals surface area contributed by atoms with Gasteiger partial charge in [0.2, 0.25) is 0 Å². The lowest BCUT2D eigenvalue weighted by atomic mass is 9.53. The number of benzene rings is 1. The van der Waals surface area contributed by atoms with E-state index in [1.807, 2.05) is 37.4 Å². The molecule has 1 atom stereocenters. The molecule has 5 heteroatoms. The largest absolute Gasteiger partial charge is 0.390 e. The molecule has 144 valence electrons. The normalized spacial score (nSPS) is 36.3. The first-order valence-corrected chi connectivity index (χ1v) is 10.4. The second-order valence-electron chi connectivity index (χ2n) is 9.34. The van der Waals surface area contributed by atoms with E-state index in [0.717, 1.165) is 35.4 Å². The number of carbonyl (C=O) groups is 1. The average Bonchev–Trinajstić information content (AvgIpc) is 3.09. The molecule has 4 saturated carbocycles. The van der Waals surface area contributed by atoms with Crippen LogP contribution in [0.5, 0.6) is 0 Å². The van der Waals surface area contributed by atoms with Crippen LogP contribution in [0.1, 0.15) is 50.5 Å². The van der Waals surface area contributed by atoms with Crippen LogP contribution in [0.4, 0.5) is 4.79 Å². The summed E-state index contributed by atoms with van der Waals surface area (Å²) in [5.74, 6) is 2.51. The average molecular weight is 367 g/mol. The van der Waals surface area contributed by atoms with Crippen molar-refractivity contribution < 1.29 is 9.63 Å². The summed E-state index contributed by atoms with van der Waals surface area (Å²) in [6.45, 7) is 0.567. The lowest BCUT2D eigenvalue weighted by Gasteiger charge is -2.57. The predicted octanol–water partition coefficient (Wildman–Crippen LogP) is 3.79. The SMILES string of the molecule is CN(C[C@@H]1CC(c2ccccc2)=NO1)C(=O)NC12CC3CC(CC(C3)C1)C2. The van der Waals surface area contributed by atoms with E-state index in [9.17, 15) is 4.79 Å². The van der Waals surface area contributed by atoms with Crippen molar-refractivity contribution in [1.82, 2.24) is 10.2 Å². The van der Waals surface area contributed by atoms with Crippen molar-refractivity contribution in [1.29, 1.82) is 0 Å². The Morgan fingerprint density at radius 3 is 2.41 bits per heavy atom. The maximum atomic E-state index is 12.9. The molecule has 0 saturated heterocycles. The Kier molecular flexibility index (Phi) is 4.14. The van der Waals surface area contributed by atoms with E-state index in [0.29, 0.717) is 6.54 Å². The number of oxime groups is 1. The third-order valence-corrected chi connectivity index (χ3v) is 7.07. The number of urea groups is 1. The molecule has 4 fully saturated rings. The Labute approximate surface area is 161 Å². The fourth-order valence-corrected chi connectivity index (χ4v) is 6.30. The molecule has 5 nitrogen and oxygen atoms in total. The van der Waals surface area contributed by atoms with Crippen LogP contribution >= 0.6 is 0 Å². The van der Waals surface area contributed by atoms with E-state index in [4.69, 9.17) is 4.84 Å². The van der Waals surface area contributed by atoms with Gasteiger partial charge in [0.05, 0.1) is 12.3 Å². The maximum Gasteiger partial charge on any atom is 0.317 e. The monoisotopic (exact) mass is 367 g/mol. The zero-order chi connectivity index (χ0) is 18.4. The first-order valence-electron chi connectivity index (χ1n) is 10.4. The van der Waals surface area contributed by atoms with Gasteiger partial charge < -0.3 is 15.1 Å². The number of amides is 2. The molecule has 0 aromatic heterocycles. The molecule has 5 aliphatic rings. The van der Waals surface area contributed by atoms with Gasteiger partial charge in [-0.25, -0.2) is 4.79 Å². The highest BCUT2D eigenvalue weighted by Crippen LogP contribution is 2.55. The third-order valence-electron chi connectivity index (χ3n) is 7.07. The van der Waals surface area contributed by atoms with Gasteiger partial charge in [0.15, 0.2) is 6.10 Å². The number of hydrogen-bond donors (Lipinski definition) is 1. The summed E-state index contributed by atoms with van der Waals surface area (Å²) < 4.78 is 0. The van der Waals surface area contributed by atoms with Crippen molar-refractivity contribution in [2.24, 2.45) is 22.9 Å². The molecular formula is C22H29N3O2. The lowest BCUT2D eigenvalue weighted by Crippen LogP contribution is -2.61. The number of likely N-dealkylation sites (N-methyl/N-ethyl adjacent to an activating group) is 1. The number of hydrogen-bond acceptors (Lipinski definition) is 3. The highest BCUT2D eigenvalue weighted by Gasteiger charge is 2.51. The van der Waals surface area contributed by atoms with Gasteiger partial charge in [-0.3, -0.25) is 0 Å². The maximum absolute atomic E-state index is 12.9. The second kappa shape index (κ2) is 6.54. The molecule has 2 amide bonds. The summed E-state index contributed by atoms with van der Waals surface area (Å²) in [5.41, 5.74) is 2.12. The van der Waals surface area contributed by atoms with Crippen LogP contribution in [0.25, 0.3) is 0 Å². The third kappa shape index (κ3) is 3.32. The minimum absolute atomic E-state index is 0.0497. The summed E-state index contributed by atoms with van der Waals surface area (Å²) in [6, 6.07) is 10.2. The molecule has 1 heterocycles. The van der Waals surface area contributed by atoms with Crippen molar-refractivity contribution >= 4 is 11.7 Å². The van der Waals surface area contributed by atoms with Gasteiger partial charge in [-0.05, 0) is 61.8 Å². The van der Waals surface area contributed by atoms with Crippen LogP contribution in [0.2, 0.25) is 0 Å².